The molecule has 1 saturated carbocycles. The molecule has 170 valence electrons. The molecule has 1 saturated heterocycles. The second-order valence-electron chi connectivity index (χ2n) is 9.01. The number of hydrogen-bond donors (Lipinski definition) is 1. The van der Waals surface area contributed by atoms with Crippen molar-refractivity contribution < 1.29 is 4.79 Å². The van der Waals surface area contributed by atoms with Crippen LogP contribution in [0, 0.1) is 0 Å². The van der Waals surface area contributed by atoms with Crippen LogP contribution >= 0.6 is 0 Å². The number of carbonyl (C=O) groups excluding carboxylic acids is 1. The summed E-state index contributed by atoms with van der Waals surface area (Å²) in [5, 5.41) is 2.84. The first-order valence-electron chi connectivity index (χ1n) is 11.8. The first kappa shape index (κ1) is 21.5. The number of rotatable bonds is 6. The van der Waals surface area contributed by atoms with Gasteiger partial charge in [0.1, 0.15) is 11.6 Å². The lowest BCUT2D eigenvalue weighted by atomic mass is 10.00. The van der Waals surface area contributed by atoms with Gasteiger partial charge in [-0.3, -0.25) is 4.79 Å². The minimum absolute atomic E-state index is 0.258. The summed E-state index contributed by atoms with van der Waals surface area (Å²) >= 11 is 0. The lowest BCUT2D eigenvalue weighted by molar-refractivity contribution is 0.102. The topological polar surface area (TPSA) is 74.2 Å². The number of amides is 1. The van der Waals surface area contributed by atoms with E-state index in [1.807, 2.05) is 25.3 Å². The maximum atomic E-state index is 12.5. The third-order valence-electron chi connectivity index (χ3n) is 6.48. The highest BCUT2D eigenvalue weighted by molar-refractivity contribution is 6.03. The Balaban J connectivity index is 1.34. The van der Waals surface area contributed by atoms with Crippen LogP contribution in [0.4, 0.5) is 11.5 Å². The molecule has 1 aromatic carbocycles. The number of likely N-dealkylation sites (N-methyl/N-ethyl adjacent to an activating group) is 1. The van der Waals surface area contributed by atoms with Crippen molar-refractivity contribution in [2.24, 2.45) is 0 Å². The molecule has 0 atom stereocenters. The molecule has 3 aromatic rings. The number of piperazine rings is 1. The molecule has 7 heteroatoms. The lowest BCUT2D eigenvalue weighted by Gasteiger charge is -2.34. The van der Waals surface area contributed by atoms with E-state index in [9.17, 15) is 4.79 Å². The van der Waals surface area contributed by atoms with Gasteiger partial charge in [-0.2, -0.15) is 0 Å². The van der Waals surface area contributed by atoms with Gasteiger partial charge in [-0.05, 0) is 61.2 Å². The van der Waals surface area contributed by atoms with E-state index in [0.29, 0.717) is 17.3 Å². The highest BCUT2D eigenvalue weighted by Gasteiger charge is 2.25. The van der Waals surface area contributed by atoms with Crippen LogP contribution in [0.1, 0.15) is 47.4 Å². The first-order chi connectivity index (χ1) is 16.1. The van der Waals surface area contributed by atoms with E-state index in [1.54, 1.807) is 12.4 Å². The molecule has 0 radical (unpaired) electrons. The number of nitrogens with one attached hydrogen (secondary N) is 1. The van der Waals surface area contributed by atoms with Gasteiger partial charge in [-0.1, -0.05) is 13.0 Å². The van der Waals surface area contributed by atoms with Gasteiger partial charge in [0.15, 0.2) is 0 Å². The van der Waals surface area contributed by atoms with Crippen LogP contribution in [0.5, 0.6) is 0 Å². The van der Waals surface area contributed by atoms with Crippen molar-refractivity contribution in [3.63, 3.8) is 0 Å². The molecule has 1 N–H and O–H groups in total. The van der Waals surface area contributed by atoms with Crippen molar-refractivity contribution in [1.82, 2.24) is 19.9 Å². The Morgan fingerprint density at radius 2 is 1.73 bits per heavy atom. The summed E-state index contributed by atoms with van der Waals surface area (Å²) < 4.78 is 0. The van der Waals surface area contributed by atoms with Gasteiger partial charge in [0.05, 0.1) is 5.56 Å². The van der Waals surface area contributed by atoms with Crippen LogP contribution in [-0.4, -0.2) is 59.0 Å². The normalized spacial score (nSPS) is 16.6. The Morgan fingerprint density at radius 1 is 0.970 bits per heavy atom. The van der Waals surface area contributed by atoms with Crippen molar-refractivity contribution in [3.05, 3.63) is 65.9 Å². The minimum atomic E-state index is -0.258. The van der Waals surface area contributed by atoms with E-state index in [2.05, 4.69) is 55.3 Å². The van der Waals surface area contributed by atoms with Crippen LogP contribution in [0.2, 0.25) is 0 Å². The number of anilines is 2. The molecule has 0 spiro atoms. The van der Waals surface area contributed by atoms with E-state index in [0.717, 1.165) is 44.0 Å². The maximum Gasteiger partial charge on any atom is 0.259 e. The Hall–Kier alpha value is -3.32. The Bertz CT molecular complexity index is 1120. The zero-order chi connectivity index (χ0) is 22.8. The molecule has 2 aliphatic rings. The zero-order valence-corrected chi connectivity index (χ0v) is 19.3. The summed E-state index contributed by atoms with van der Waals surface area (Å²) in [7, 11) is 2.18. The zero-order valence-electron chi connectivity index (χ0n) is 19.3. The Labute approximate surface area is 194 Å². The van der Waals surface area contributed by atoms with E-state index in [1.165, 1.54) is 29.7 Å². The smallest absolute Gasteiger partial charge is 0.259 e. The molecular weight excluding hydrogens is 412 g/mol. The monoisotopic (exact) mass is 442 g/mol. The number of aromatic nitrogens is 3. The summed E-state index contributed by atoms with van der Waals surface area (Å²) in [5.74, 6) is 1.66. The second kappa shape index (κ2) is 9.27. The van der Waals surface area contributed by atoms with Crippen LogP contribution in [-0.2, 0) is 6.42 Å². The van der Waals surface area contributed by atoms with Crippen LogP contribution in [0.25, 0.3) is 11.1 Å². The fourth-order valence-corrected chi connectivity index (χ4v) is 4.18. The number of hydrogen-bond acceptors (Lipinski definition) is 6. The van der Waals surface area contributed by atoms with E-state index in [4.69, 9.17) is 0 Å². The van der Waals surface area contributed by atoms with Crippen LogP contribution in [0.3, 0.4) is 0 Å². The van der Waals surface area contributed by atoms with Crippen molar-refractivity contribution in [2.75, 3.05) is 43.4 Å². The fourth-order valence-electron chi connectivity index (χ4n) is 4.18. The van der Waals surface area contributed by atoms with Crippen molar-refractivity contribution in [3.8, 4) is 11.1 Å². The molecule has 0 unspecified atom stereocenters. The molecule has 7 nitrogen and oxygen atoms in total. The first-order valence-corrected chi connectivity index (χ1v) is 11.8. The summed E-state index contributed by atoms with van der Waals surface area (Å²) in [4.78, 5) is 30.3. The Kier molecular flexibility index (Phi) is 6.05. The summed E-state index contributed by atoms with van der Waals surface area (Å²) in [6, 6.07) is 10.8. The molecule has 1 aliphatic heterocycles. The third-order valence-corrected chi connectivity index (χ3v) is 6.48. The highest BCUT2D eigenvalue weighted by atomic mass is 16.1. The predicted molar refractivity (Wildman–Crippen MR) is 131 cm³/mol. The van der Waals surface area contributed by atoms with Gasteiger partial charge in [0.2, 0.25) is 0 Å². The molecule has 2 aromatic heterocycles. The number of nitrogens with zero attached hydrogens (tertiary/aromatic N) is 5. The SMILES string of the molecule is CCc1ncc(C(=O)Nc2ccc(-c3cc(C4CC4)cc(N4CCN(C)CC4)c3)cn2)cn1. The third kappa shape index (κ3) is 5.03. The molecule has 1 aliphatic carbocycles. The molecule has 1 amide bonds. The van der Waals surface area contributed by atoms with Gasteiger partial charge in [-0.25, -0.2) is 15.0 Å². The van der Waals surface area contributed by atoms with E-state index in [-0.39, 0.29) is 5.91 Å². The maximum absolute atomic E-state index is 12.5. The van der Waals surface area contributed by atoms with Crippen molar-refractivity contribution in [2.45, 2.75) is 32.1 Å². The van der Waals surface area contributed by atoms with E-state index >= 15 is 0 Å². The summed E-state index contributed by atoms with van der Waals surface area (Å²) in [6.45, 7) is 6.26. The molecule has 0 bridgehead atoms. The molecule has 3 heterocycles. The largest absolute Gasteiger partial charge is 0.369 e. The lowest BCUT2D eigenvalue weighted by Crippen LogP contribution is -2.44. The molecular formula is C26H30N6O. The average molecular weight is 443 g/mol. The molecule has 2 fully saturated rings. The summed E-state index contributed by atoms with van der Waals surface area (Å²) in [6.07, 6.45) is 8.24. The number of aryl methyl sites for hydroxylation is 1. The van der Waals surface area contributed by atoms with Gasteiger partial charge in [0.25, 0.3) is 5.91 Å². The van der Waals surface area contributed by atoms with Crippen molar-refractivity contribution in [1.29, 1.82) is 0 Å². The van der Waals surface area contributed by atoms with Crippen LogP contribution in [0.15, 0.2) is 48.9 Å². The number of pyridine rings is 1. The Morgan fingerprint density at radius 3 is 2.36 bits per heavy atom. The van der Waals surface area contributed by atoms with Gasteiger partial charge < -0.3 is 15.1 Å². The van der Waals surface area contributed by atoms with Crippen molar-refractivity contribution >= 4 is 17.4 Å². The van der Waals surface area contributed by atoms with E-state index < -0.39 is 0 Å². The highest BCUT2D eigenvalue weighted by Crippen LogP contribution is 2.43. The minimum Gasteiger partial charge on any atom is -0.369 e. The average Bonchev–Trinajstić information content (AvgIpc) is 3.70. The van der Waals surface area contributed by atoms with Gasteiger partial charge in [0, 0.05) is 62.4 Å². The molecule has 5 rings (SSSR count). The molecule has 33 heavy (non-hydrogen) atoms. The summed E-state index contributed by atoms with van der Waals surface area (Å²) in [5.41, 5.74) is 5.39. The van der Waals surface area contributed by atoms with Gasteiger partial charge >= 0.3 is 0 Å². The standard InChI is InChI=1S/C26H30N6O/c1-3-24-27-16-22(17-28-24)26(33)30-25-7-6-19(15-29-25)21-12-20(18-4-5-18)13-23(14-21)32-10-8-31(2)9-11-32/h6-7,12-18H,3-5,8-11H2,1-2H3,(H,29,30,33). The fraction of sp³-hybridized carbons (Fsp3) is 0.385. The van der Waals surface area contributed by atoms with Crippen LogP contribution < -0.4 is 10.2 Å². The van der Waals surface area contributed by atoms with Gasteiger partial charge in [-0.15, -0.1) is 0 Å². The predicted octanol–water partition coefficient (Wildman–Crippen LogP) is 3.98. The second-order valence-corrected chi connectivity index (χ2v) is 9.01. The quantitative estimate of drug-likeness (QED) is 0.622. The number of carbonyl (C=O) groups is 1. The number of benzene rings is 1.